The summed E-state index contributed by atoms with van der Waals surface area (Å²) in [5, 5.41) is 0. The van der Waals surface area contributed by atoms with Crippen molar-refractivity contribution >= 4 is 33.4 Å². The van der Waals surface area contributed by atoms with Crippen LogP contribution in [-0.2, 0) is 6.42 Å². The third-order valence-corrected chi connectivity index (χ3v) is 5.40. The molecule has 1 aromatic rings. The van der Waals surface area contributed by atoms with Crippen molar-refractivity contribution in [1.82, 2.24) is 0 Å². The Labute approximate surface area is 129 Å². The summed E-state index contributed by atoms with van der Waals surface area (Å²) in [6, 6.07) is 6.88. The van der Waals surface area contributed by atoms with Gasteiger partial charge in [-0.05, 0) is 44.9 Å². The van der Waals surface area contributed by atoms with Gasteiger partial charge in [0.1, 0.15) is 0 Å². The zero-order valence-electron chi connectivity index (χ0n) is 11.9. The number of hydrogen-bond acceptors (Lipinski definition) is 3. The minimum absolute atomic E-state index is 0.201. The van der Waals surface area contributed by atoms with Crippen LogP contribution >= 0.6 is 27.7 Å². The lowest BCUT2D eigenvalue weighted by molar-refractivity contribution is 0.647. The average molecular weight is 343 g/mol. The highest BCUT2D eigenvalue weighted by Crippen LogP contribution is 2.33. The van der Waals surface area contributed by atoms with E-state index in [1.54, 1.807) is 0 Å². The molecule has 106 valence electrons. The summed E-state index contributed by atoms with van der Waals surface area (Å²) in [5.41, 5.74) is 8.49. The Hall–Kier alpha value is -0.190. The summed E-state index contributed by atoms with van der Waals surface area (Å²) in [7, 11) is 0. The largest absolute Gasteiger partial charge is 0.369 e. The minimum atomic E-state index is 0.201. The highest BCUT2D eigenvalue weighted by atomic mass is 79.9. The van der Waals surface area contributed by atoms with Crippen molar-refractivity contribution in [3.05, 3.63) is 28.2 Å². The number of hydrogen-bond donors (Lipinski definition) is 1. The molecule has 0 amide bonds. The molecule has 1 atom stereocenters. The Morgan fingerprint density at radius 3 is 2.79 bits per heavy atom. The third kappa shape index (κ3) is 4.14. The van der Waals surface area contributed by atoms with Crippen LogP contribution in [0.1, 0.15) is 26.3 Å². The lowest BCUT2D eigenvalue weighted by Gasteiger charge is -2.39. The third-order valence-electron chi connectivity index (χ3n) is 3.37. The zero-order valence-corrected chi connectivity index (χ0v) is 14.4. The second-order valence-electron chi connectivity index (χ2n) is 5.99. The van der Waals surface area contributed by atoms with Crippen molar-refractivity contribution < 1.29 is 0 Å². The summed E-state index contributed by atoms with van der Waals surface area (Å²) in [6.07, 6.45) is 0.919. The van der Waals surface area contributed by atoms with Gasteiger partial charge in [0.15, 0.2) is 0 Å². The van der Waals surface area contributed by atoms with Gasteiger partial charge >= 0.3 is 0 Å². The molecule has 1 unspecified atom stereocenters. The number of rotatable bonds is 3. The van der Waals surface area contributed by atoms with Crippen LogP contribution in [0.5, 0.6) is 0 Å². The summed E-state index contributed by atoms with van der Waals surface area (Å²) < 4.78 is 1.52. The number of benzene rings is 1. The second kappa shape index (κ2) is 6.06. The van der Waals surface area contributed by atoms with Crippen LogP contribution in [-0.4, -0.2) is 29.6 Å². The van der Waals surface area contributed by atoms with Crippen LogP contribution in [0, 0.1) is 0 Å². The molecule has 1 aliphatic heterocycles. The summed E-state index contributed by atoms with van der Waals surface area (Å²) in [6.45, 7) is 8.93. The zero-order chi connectivity index (χ0) is 14.0. The van der Waals surface area contributed by atoms with E-state index in [2.05, 4.69) is 64.6 Å². The van der Waals surface area contributed by atoms with Crippen LogP contribution in [0.3, 0.4) is 0 Å². The number of nitrogens with two attached hydrogens (primary N) is 1. The van der Waals surface area contributed by atoms with Crippen LogP contribution in [0.4, 0.5) is 5.69 Å². The fourth-order valence-corrected chi connectivity index (χ4v) is 4.12. The van der Waals surface area contributed by atoms with Gasteiger partial charge in [0, 0.05) is 39.8 Å². The monoisotopic (exact) mass is 342 g/mol. The first-order valence-corrected chi connectivity index (χ1v) is 8.58. The number of nitrogens with zero attached hydrogens (tertiary/aromatic N) is 1. The van der Waals surface area contributed by atoms with Crippen LogP contribution in [0.2, 0.25) is 0 Å². The van der Waals surface area contributed by atoms with E-state index >= 15 is 0 Å². The highest BCUT2D eigenvalue weighted by Gasteiger charge is 2.27. The summed E-state index contributed by atoms with van der Waals surface area (Å²) >= 11 is 5.75. The van der Waals surface area contributed by atoms with Crippen LogP contribution in [0.15, 0.2) is 22.7 Å². The molecular formula is C15H23BrN2S. The molecule has 0 saturated carbocycles. The summed E-state index contributed by atoms with van der Waals surface area (Å²) in [4.78, 5) is 2.48. The fraction of sp³-hybridized carbons (Fsp3) is 0.600. The van der Waals surface area contributed by atoms with Crippen molar-refractivity contribution in [2.24, 2.45) is 5.73 Å². The minimum Gasteiger partial charge on any atom is -0.369 e. The van der Waals surface area contributed by atoms with Gasteiger partial charge in [-0.25, -0.2) is 0 Å². The molecule has 2 N–H and O–H groups in total. The van der Waals surface area contributed by atoms with Gasteiger partial charge < -0.3 is 10.6 Å². The van der Waals surface area contributed by atoms with E-state index < -0.39 is 0 Å². The Bertz CT molecular complexity index is 446. The maximum Gasteiger partial charge on any atom is 0.0378 e. The maximum atomic E-state index is 5.88. The standard InChI is InChI=1S/C15H23BrN2S/c1-11(17)8-12-4-5-13(9-14(12)16)18-6-7-19-15(2,3)10-18/h4-5,9,11H,6-8,10,17H2,1-3H3. The quantitative estimate of drug-likeness (QED) is 0.908. The van der Waals surface area contributed by atoms with E-state index in [9.17, 15) is 0 Å². The SMILES string of the molecule is CC(N)Cc1ccc(N2CCSC(C)(C)C2)cc1Br. The Morgan fingerprint density at radius 2 is 2.21 bits per heavy atom. The molecule has 0 radical (unpaired) electrons. The first kappa shape index (κ1) is 15.2. The van der Waals surface area contributed by atoms with Gasteiger partial charge in [0.2, 0.25) is 0 Å². The lowest BCUT2D eigenvalue weighted by atomic mass is 10.1. The molecule has 2 nitrogen and oxygen atoms in total. The molecule has 0 aromatic heterocycles. The molecule has 4 heteroatoms. The predicted molar refractivity (Wildman–Crippen MR) is 90.2 cm³/mol. The van der Waals surface area contributed by atoms with Crippen LogP contribution < -0.4 is 10.6 Å². The fourth-order valence-electron chi connectivity index (χ4n) is 2.48. The van der Waals surface area contributed by atoms with Gasteiger partial charge in [-0.15, -0.1) is 0 Å². The molecule has 0 bridgehead atoms. The maximum absolute atomic E-state index is 5.88. The van der Waals surface area contributed by atoms with E-state index in [4.69, 9.17) is 5.73 Å². The second-order valence-corrected chi connectivity index (χ2v) is 8.64. The number of halogens is 1. The summed E-state index contributed by atoms with van der Waals surface area (Å²) in [5.74, 6) is 1.20. The molecule has 0 aliphatic carbocycles. The average Bonchev–Trinajstić information content (AvgIpc) is 2.30. The molecule has 1 heterocycles. The van der Waals surface area contributed by atoms with E-state index in [1.165, 1.54) is 21.5 Å². The van der Waals surface area contributed by atoms with Gasteiger partial charge in [-0.2, -0.15) is 11.8 Å². The number of thioether (sulfide) groups is 1. The van der Waals surface area contributed by atoms with E-state index in [0.717, 1.165) is 19.5 Å². The van der Waals surface area contributed by atoms with Gasteiger partial charge in [-0.3, -0.25) is 0 Å². The Kier molecular flexibility index (Phi) is 4.85. The van der Waals surface area contributed by atoms with Crippen molar-refractivity contribution in [2.75, 3.05) is 23.7 Å². The molecule has 1 fully saturated rings. The van der Waals surface area contributed by atoms with E-state index in [1.807, 2.05) is 6.92 Å². The van der Waals surface area contributed by atoms with Crippen molar-refractivity contribution in [2.45, 2.75) is 38.0 Å². The van der Waals surface area contributed by atoms with Crippen molar-refractivity contribution in [1.29, 1.82) is 0 Å². The van der Waals surface area contributed by atoms with Gasteiger partial charge in [0.05, 0.1) is 0 Å². The van der Waals surface area contributed by atoms with Crippen molar-refractivity contribution in [3.63, 3.8) is 0 Å². The predicted octanol–water partition coefficient (Wildman–Crippen LogP) is 3.67. The Balaban J connectivity index is 2.15. The molecule has 1 aliphatic rings. The normalized spacial score (nSPS) is 20.4. The van der Waals surface area contributed by atoms with Crippen LogP contribution in [0.25, 0.3) is 0 Å². The number of anilines is 1. The van der Waals surface area contributed by atoms with Gasteiger partial charge in [-0.1, -0.05) is 22.0 Å². The molecule has 1 saturated heterocycles. The molecular weight excluding hydrogens is 320 g/mol. The first-order valence-electron chi connectivity index (χ1n) is 6.80. The smallest absolute Gasteiger partial charge is 0.0378 e. The Morgan fingerprint density at radius 1 is 1.47 bits per heavy atom. The molecule has 0 spiro atoms. The molecule has 1 aromatic carbocycles. The van der Waals surface area contributed by atoms with Gasteiger partial charge in [0.25, 0.3) is 0 Å². The first-order chi connectivity index (χ1) is 8.87. The van der Waals surface area contributed by atoms with E-state index in [-0.39, 0.29) is 6.04 Å². The molecule has 19 heavy (non-hydrogen) atoms. The van der Waals surface area contributed by atoms with E-state index in [0.29, 0.717) is 4.75 Å². The highest BCUT2D eigenvalue weighted by molar-refractivity contribution is 9.10. The lowest BCUT2D eigenvalue weighted by Crippen LogP contribution is -2.43. The topological polar surface area (TPSA) is 29.3 Å². The van der Waals surface area contributed by atoms with Crippen molar-refractivity contribution in [3.8, 4) is 0 Å². The molecule has 2 rings (SSSR count).